The summed E-state index contributed by atoms with van der Waals surface area (Å²) in [5.41, 5.74) is 2.25. The Balaban J connectivity index is 1.40. The van der Waals surface area contributed by atoms with E-state index in [2.05, 4.69) is 10.3 Å². The van der Waals surface area contributed by atoms with Crippen LogP contribution < -0.4 is 19.5 Å². The molecule has 0 fully saturated rings. The minimum Gasteiger partial charge on any atom is -0.497 e. The first-order chi connectivity index (χ1) is 13.6. The molecule has 1 aliphatic heterocycles. The van der Waals surface area contributed by atoms with Crippen molar-refractivity contribution in [1.82, 2.24) is 9.88 Å². The van der Waals surface area contributed by atoms with Gasteiger partial charge in [-0.05, 0) is 42.0 Å². The lowest BCUT2D eigenvalue weighted by Gasteiger charge is -2.16. The Morgan fingerprint density at radius 3 is 2.79 bits per heavy atom. The molecule has 0 aliphatic carbocycles. The number of nitrogens with one attached hydrogen (secondary N) is 1. The lowest BCUT2D eigenvalue weighted by Crippen LogP contribution is -2.26. The lowest BCUT2D eigenvalue weighted by atomic mass is 10.2. The molecule has 0 unspecified atom stereocenters. The van der Waals surface area contributed by atoms with E-state index < -0.39 is 0 Å². The highest BCUT2D eigenvalue weighted by molar-refractivity contribution is 7.14. The standard InChI is InChI=1S/C20H19N3O4S/c1-23(10-13-3-8-17-18(9-13)27-12-26-17)19(24)16-11-28-20(22-16)21-14-4-6-15(25-2)7-5-14/h3-9,11H,10,12H2,1-2H3,(H,21,22). The second-order valence-electron chi connectivity index (χ2n) is 6.24. The number of hydrogen-bond acceptors (Lipinski definition) is 7. The zero-order chi connectivity index (χ0) is 19.5. The molecular weight excluding hydrogens is 378 g/mol. The highest BCUT2D eigenvalue weighted by Crippen LogP contribution is 2.33. The smallest absolute Gasteiger partial charge is 0.273 e. The maximum atomic E-state index is 12.7. The van der Waals surface area contributed by atoms with Crippen LogP contribution in [-0.4, -0.2) is 36.7 Å². The molecule has 7 nitrogen and oxygen atoms in total. The molecule has 4 rings (SSSR count). The van der Waals surface area contributed by atoms with E-state index >= 15 is 0 Å². The predicted octanol–water partition coefficient (Wildman–Crippen LogP) is 3.90. The van der Waals surface area contributed by atoms with Gasteiger partial charge in [-0.1, -0.05) is 6.07 Å². The molecule has 28 heavy (non-hydrogen) atoms. The van der Waals surface area contributed by atoms with E-state index in [1.807, 2.05) is 42.5 Å². The third-order valence-corrected chi connectivity index (χ3v) is 5.03. The summed E-state index contributed by atoms with van der Waals surface area (Å²) in [6, 6.07) is 13.2. The number of hydrogen-bond donors (Lipinski definition) is 1. The van der Waals surface area contributed by atoms with Gasteiger partial charge in [-0.15, -0.1) is 11.3 Å². The topological polar surface area (TPSA) is 72.9 Å². The van der Waals surface area contributed by atoms with E-state index in [9.17, 15) is 4.79 Å². The number of rotatable bonds is 6. The Kier molecular flexibility index (Phi) is 5.03. The SMILES string of the molecule is COc1ccc(Nc2nc(C(=O)N(C)Cc3ccc4c(c3)OCO4)cs2)cc1. The summed E-state index contributed by atoms with van der Waals surface area (Å²) in [6.07, 6.45) is 0. The Hall–Kier alpha value is -3.26. The van der Waals surface area contributed by atoms with Crippen LogP contribution in [0, 0.1) is 0 Å². The average molecular weight is 397 g/mol. The monoisotopic (exact) mass is 397 g/mol. The van der Waals surface area contributed by atoms with Crippen molar-refractivity contribution < 1.29 is 19.0 Å². The maximum absolute atomic E-state index is 12.7. The third kappa shape index (κ3) is 3.86. The van der Waals surface area contributed by atoms with Crippen molar-refractivity contribution in [1.29, 1.82) is 0 Å². The normalized spacial score (nSPS) is 11.9. The number of carbonyl (C=O) groups is 1. The van der Waals surface area contributed by atoms with Crippen molar-refractivity contribution in [3.05, 3.63) is 59.1 Å². The van der Waals surface area contributed by atoms with E-state index in [0.717, 1.165) is 22.7 Å². The van der Waals surface area contributed by atoms with Crippen LogP contribution in [0.15, 0.2) is 47.8 Å². The van der Waals surface area contributed by atoms with Gasteiger partial charge in [-0.3, -0.25) is 4.79 Å². The fourth-order valence-corrected chi connectivity index (χ4v) is 3.51. The number of anilines is 2. The van der Waals surface area contributed by atoms with Crippen LogP contribution in [0.4, 0.5) is 10.8 Å². The summed E-state index contributed by atoms with van der Waals surface area (Å²) in [5, 5.41) is 5.61. The number of amides is 1. The molecule has 8 heteroatoms. The van der Waals surface area contributed by atoms with Crippen LogP contribution in [0.3, 0.4) is 0 Å². The van der Waals surface area contributed by atoms with E-state index in [0.29, 0.717) is 23.1 Å². The molecule has 3 aromatic rings. The average Bonchev–Trinajstić information content (AvgIpc) is 3.37. The zero-order valence-corrected chi connectivity index (χ0v) is 16.3. The molecule has 1 amide bonds. The van der Waals surface area contributed by atoms with Crippen LogP contribution in [0.2, 0.25) is 0 Å². The molecule has 0 saturated heterocycles. The van der Waals surface area contributed by atoms with Crippen LogP contribution in [-0.2, 0) is 6.54 Å². The Morgan fingerprint density at radius 1 is 1.21 bits per heavy atom. The Labute approximate surface area is 166 Å². The molecule has 1 aliphatic rings. The van der Waals surface area contributed by atoms with Gasteiger partial charge in [-0.25, -0.2) is 4.98 Å². The first-order valence-electron chi connectivity index (χ1n) is 8.63. The first-order valence-corrected chi connectivity index (χ1v) is 9.51. The number of fused-ring (bicyclic) bond motifs is 1. The van der Waals surface area contributed by atoms with Crippen LogP contribution >= 0.6 is 11.3 Å². The maximum Gasteiger partial charge on any atom is 0.273 e. The number of benzene rings is 2. The quantitative estimate of drug-likeness (QED) is 0.680. The zero-order valence-electron chi connectivity index (χ0n) is 15.5. The van der Waals surface area contributed by atoms with Gasteiger partial charge in [0.2, 0.25) is 6.79 Å². The van der Waals surface area contributed by atoms with Gasteiger partial charge in [0.1, 0.15) is 11.4 Å². The number of methoxy groups -OCH3 is 1. The summed E-state index contributed by atoms with van der Waals surface area (Å²) in [6.45, 7) is 0.685. The molecular formula is C20H19N3O4S. The van der Waals surface area contributed by atoms with E-state index in [4.69, 9.17) is 14.2 Å². The molecule has 1 aromatic heterocycles. The van der Waals surface area contributed by atoms with Crippen LogP contribution in [0.25, 0.3) is 0 Å². The summed E-state index contributed by atoms with van der Waals surface area (Å²) < 4.78 is 15.9. The molecule has 2 aromatic carbocycles. The fourth-order valence-electron chi connectivity index (χ4n) is 2.81. The minimum atomic E-state index is -0.142. The molecule has 144 valence electrons. The first kappa shape index (κ1) is 18.1. The molecule has 0 saturated carbocycles. The summed E-state index contributed by atoms with van der Waals surface area (Å²) in [5.74, 6) is 2.08. The van der Waals surface area contributed by atoms with Gasteiger partial charge in [0.25, 0.3) is 5.91 Å². The highest BCUT2D eigenvalue weighted by atomic mass is 32.1. The van der Waals surface area contributed by atoms with Gasteiger partial charge in [-0.2, -0.15) is 0 Å². The number of nitrogens with zero attached hydrogens (tertiary/aromatic N) is 2. The van der Waals surface area contributed by atoms with Gasteiger partial charge in [0, 0.05) is 24.7 Å². The van der Waals surface area contributed by atoms with Crippen molar-refractivity contribution >= 4 is 28.1 Å². The number of ether oxygens (including phenoxy) is 3. The number of thiazole rings is 1. The molecule has 0 bridgehead atoms. The second kappa shape index (κ2) is 7.77. The van der Waals surface area contributed by atoms with Gasteiger partial charge in [0.15, 0.2) is 16.6 Å². The Bertz CT molecular complexity index is 987. The van der Waals surface area contributed by atoms with Gasteiger partial charge >= 0.3 is 0 Å². The summed E-state index contributed by atoms with van der Waals surface area (Å²) >= 11 is 1.39. The fraction of sp³-hybridized carbons (Fsp3) is 0.200. The van der Waals surface area contributed by atoms with Gasteiger partial charge < -0.3 is 24.4 Å². The number of carbonyl (C=O) groups excluding carboxylic acids is 1. The third-order valence-electron chi connectivity index (χ3n) is 4.27. The molecule has 0 radical (unpaired) electrons. The molecule has 0 atom stereocenters. The predicted molar refractivity (Wildman–Crippen MR) is 107 cm³/mol. The lowest BCUT2D eigenvalue weighted by molar-refractivity contribution is 0.0780. The van der Waals surface area contributed by atoms with Crippen LogP contribution in [0.5, 0.6) is 17.2 Å². The Morgan fingerprint density at radius 2 is 2.00 bits per heavy atom. The molecule has 1 N–H and O–H groups in total. The summed E-state index contributed by atoms with van der Waals surface area (Å²) in [4.78, 5) is 18.7. The second-order valence-corrected chi connectivity index (χ2v) is 7.10. The van der Waals surface area contributed by atoms with Crippen molar-refractivity contribution in [3.63, 3.8) is 0 Å². The van der Waals surface area contributed by atoms with Crippen molar-refractivity contribution in [2.45, 2.75) is 6.54 Å². The van der Waals surface area contributed by atoms with Gasteiger partial charge in [0.05, 0.1) is 7.11 Å². The van der Waals surface area contributed by atoms with E-state index in [1.54, 1.807) is 24.4 Å². The van der Waals surface area contributed by atoms with Crippen molar-refractivity contribution in [2.75, 3.05) is 26.3 Å². The van der Waals surface area contributed by atoms with E-state index in [-0.39, 0.29) is 12.7 Å². The van der Waals surface area contributed by atoms with Crippen molar-refractivity contribution in [3.8, 4) is 17.2 Å². The summed E-state index contributed by atoms with van der Waals surface area (Å²) in [7, 11) is 3.38. The highest BCUT2D eigenvalue weighted by Gasteiger charge is 2.18. The van der Waals surface area contributed by atoms with Crippen molar-refractivity contribution in [2.24, 2.45) is 0 Å². The minimum absolute atomic E-state index is 0.142. The largest absolute Gasteiger partial charge is 0.497 e. The van der Waals surface area contributed by atoms with E-state index in [1.165, 1.54) is 11.3 Å². The molecule has 2 heterocycles. The molecule has 0 spiro atoms. The van der Waals surface area contributed by atoms with Crippen LogP contribution in [0.1, 0.15) is 16.1 Å². The number of aromatic nitrogens is 1.